The van der Waals surface area contributed by atoms with Crippen molar-refractivity contribution in [1.82, 2.24) is 29.5 Å². The summed E-state index contributed by atoms with van der Waals surface area (Å²) < 4.78 is 57.8. The van der Waals surface area contributed by atoms with Crippen molar-refractivity contribution in [2.24, 2.45) is 0 Å². The fourth-order valence-electron chi connectivity index (χ4n) is 5.02. The largest absolute Gasteiger partial charge is 0.490 e. The Balaban J connectivity index is 1.55. The fourth-order valence-corrected chi connectivity index (χ4v) is 5.02. The number of aromatic nitrogens is 6. The zero-order valence-corrected chi connectivity index (χ0v) is 23.8. The van der Waals surface area contributed by atoms with Crippen molar-refractivity contribution in [2.75, 3.05) is 13.2 Å². The molecule has 0 saturated heterocycles. The maximum atomic E-state index is 13.6. The average molecular weight is 638 g/mol. The third-order valence-corrected chi connectivity index (χ3v) is 7.22. The van der Waals surface area contributed by atoms with Crippen LogP contribution in [0.3, 0.4) is 0 Å². The number of hydrogen-bond acceptors (Lipinski definition) is 13. The highest BCUT2D eigenvalue weighted by Gasteiger charge is 2.40. The molecule has 1 saturated carbocycles. The Hall–Kier alpha value is -4.29. The summed E-state index contributed by atoms with van der Waals surface area (Å²) in [6.07, 6.45) is -4.22. The van der Waals surface area contributed by atoms with Crippen molar-refractivity contribution in [1.29, 1.82) is 0 Å². The van der Waals surface area contributed by atoms with Gasteiger partial charge in [0.05, 0.1) is 17.4 Å². The number of imidazole rings is 1. The number of hydrogen-bond donors (Lipinski definition) is 5. The molecule has 1 fully saturated rings. The standard InChI is InChI=1S/C27H23B2F3N6O8/c1-24(39)14-5-4-13(22-36-17(25(30,31)32)10-38(22)26(28,29)40)8-15(14)44-6-7-45-23-18(19(12-2-3-12)34-11-35-23)21-33-9-16(20(24)37-21)46-27(41,42)43/h4-5,8-12,39-43H,2-3,6-7H2,1H3. The lowest BCUT2D eigenvalue weighted by Crippen LogP contribution is -2.37. The Bertz CT molecular complexity index is 1810. The SMILES string of the molecule is [B]C([B])(O)n1cc(C(F)(F)F)nc1-c1ccc2c(c1)OCCOc1ncnc(C3CC3)c1-c1ncc(OC(O)(O)O)c(n1)C2(C)O. The smallest absolute Gasteiger partial charge is 0.453 e. The molecule has 19 heteroatoms. The zero-order chi connectivity index (χ0) is 33.2. The summed E-state index contributed by atoms with van der Waals surface area (Å²) >= 11 is 0. The van der Waals surface area contributed by atoms with Gasteiger partial charge >= 0.3 is 12.3 Å². The maximum Gasteiger partial charge on any atom is 0.453 e. The number of fused-ring (bicyclic) bond motifs is 5. The fraction of sp³-hybridized carbons (Fsp3) is 0.370. The van der Waals surface area contributed by atoms with Crippen molar-refractivity contribution >= 4 is 15.7 Å². The second-order valence-corrected chi connectivity index (χ2v) is 10.9. The van der Waals surface area contributed by atoms with E-state index in [0.29, 0.717) is 22.0 Å². The molecule has 1 aliphatic carbocycles. The Kier molecular flexibility index (Phi) is 7.51. The minimum absolute atomic E-state index is 0.0221. The summed E-state index contributed by atoms with van der Waals surface area (Å²) in [5, 5.41) is 51.1. The van der Waals surface area contributed by atoms with Crippen LogP contribution in [0.1, 0.15) is 48.3 Å². The topological polar surface area (TPSA) is 198 Å². The van der Waals surface area contributed by atoms with E-state index in [-0.39, 0.29) is 47.7 Å². The number of aliphatic hydroxyl groups is 5. The molecule has 4 heterocycles. The third kappa shape index (κ3) is 6.11. The van der Waals surface area contributed by atoms with Gasteiger partial charge in [0.1, 0.15) is 63.7 Å². The molecule has 4 radical (unpaired) electrons. The molecule has 46 heavy (non-hydrogen) atoms. The monoisotopic (exact) mass is 638 g/mol. The number of nitrogens with zero attached hydrogens (tertiary/aromatic N) is 6. The van der Waals surface area contributed by atoms with Gasteiger partial charge in [0, 0.05) is 23.2 Å². The van der Waals surface area contributed by atoms with Gasteiger partial charge in [-0.25, -0.2) is 24.9 Å². The van der Waals surface area contributed by atoms with E-state index in [1.54, 1.807) is 0 Å². The minimum Gasteiger partial charge on any atom is -0.490 e. The molecule has 0 amide bonds. The van der Waals surface area contributed by atoms with E-state index in [0.717, 1.165) is 19.0 Å². The van der Waals surface area contributed by atoms with E-state index in [9.17, 15) is 38.7 Å². The minimum atomic E-state index is -4.92. The van der Waals surface area contributed by atoms with E-state index in [1.807, 2.05) is 0 Å². The van der Waals surface area contributed by atoms with Crippen molar-refractivity contribution in [3.05, 3.63) is 59.6 Å². The first-order chi connectivity index (χ1) is 21.4. The average Bonchev–Trinajstić information content (AvgIpc) is 3.68. The third-order valence-electron chi connectivity index (χ3n) is 7.22. The Morgan fingerprint density at radius 2 is 1.74 bits per heavy atom. The summed E-state index contributed by atoms with van der Waals surface area (Å²) in [7, 11) is 11.0. The summed E-state index contributed by atoms with van der Waals surface area (Å²) in [5.41, 5.74) is -6.04. The lowest BCUT2D eigenvalue weighted by molar-refractivity contribution is -0.420. The molecule has 6 rings (SSSR count). The van der Waals surface area contributed by atoms with Crippen LogP contribution in [0, 0.1) is 0 Å². The lowest BCUT2D eigenvalue weighted by Gasteiger charge is -2.30. The maximum absolute atomic E-state index is 13.6. The normalized spacial score (nSPS) is 18.7. The Morgan fingerprint density at radius 1 is 1.02 bits per heavy atom. The van der Waals surface area contributed by atoms with Crippen LogP contribution >= 0.6 is 0 Å². The predicted molar refractivity (Wildman–Crippen MR) is 149 cm³/mol. The summed E-state index contributed by atoms with van der Waals surface area (Å²) in [6, 6.07) is 3.71. The second kappa shape index (κ2) is 10.9. The first kappa shape index (κ1) is 31.7. The van der Waals surface area contributed by atoms with Gasteiger partial charge in [-0.3, -0.25) is 0 Å². The van der Waals surface area contributed by atoms with Crippen molar-refractivity contribution in [3.63, 3.8) is 0 Å². The van der Waals surface area contributed by atoms with Crippen molar-refractivity contribution < 1.29 is 52.9 Å². The zero-order valence-electron chi connectivity index (χ0n) is 23.8. The van der Waals surface area contributed by atoms with E-state index >= 15 is 0 Å². The molecule has 3 aromatic heterocycles. The van der Waals surface area contributed by atoms with Crippen LogP contribution in [0.5, 0.6) is 17.4 Å². The summed E-state index contributed by atoms with van der Waals surface area (Å²) in [6.45, 7) is 0.962. The molecule has 1 aromatic carbocycles. The second-order valence-electron chi connectivity index (χ2n) is 10.9. The van der Waals surface area contributed by atoms with Gasteiger partial charge < -0.3 is 44.3 Å². The van der Waals surface area contributed by atoms with E-state index in [2.05, 4.69) is 24.9 Å². The molecular weight excluding hydrogens is 615 g/mol. The number of rotatable bonds is 5. The van der Waals surface area contributed by atoms with E-state index < -0.39 is 46.4 Å². The van der Waals surface area contributed by atoms with Crippen molar-refractivity contribution in [3.8, 4) is 40.2 Å². The van der Waals surface area contributed by atoms with Gasteiger partial charge in [-0.15, -0.1) is 0 Å². The van der Waals surface area contributed by atoms with Gasteiger partial charge in [0.2, 0.25) is 5.88 Å². The number of benzene rings is 1. The van der Waals surface area contributed by atoms with Gasteiger partial charge in [0.25, 0.3) is 0 Å². The van der Waals surface area contributed by atoms with Gasteiger partial charge in [-0.05, 0) is 25.8 Å². The predicted octanol–water partition coefficient (Wildman–Crippen LogP) is 0.584. The molecule has 2 aliphatic rings. The van der Waals surface area contributed by atoms with E-state index in [1.165, 1.54) is 31.5 Å². The summed E-state index contributed by atoms with van der Waals surface area (Å²) in [5.74, 6) is -1.07. The van der Waals surface area contributed by atoms with Crippen LogP contribution in [0.4, 0.5) is 13.2 Å². The van der Waals surface area contributed by atoms with Crippen LogP contribution in [-0.2, 0) is 17.3 Å². The lowest BCUT2D eigenvalue weighted by atomic mass is 9.73. The van der Waals surface area contributed by atoms with Crippen LogP contribution in [0.15, 0.2) is 36.9 Å². The van der Waals surface area contributed by atoms with Gasteiger partial charge in [-0.2, -0.15) is 13.2 Å². The first-order valence-corrected chi connectivity index (χ1v) is 13.6. The molecule has 0 spiro atoms. The highest BCUT2D eigenvalue weighted by Crippen LogP contribution is 2.47. The first-order valence-electron chi connectivity index (χ1n) is 13.6. The molecule has 1 unspecified atom stereocenters. The quantitative estimate of drug-likeness (QED) is 0.151. The van der Waals surface area contributed by atoms with Crippen molar-refractivity contribution in [2.45, 2.75) is 49.1 Å². The highest BCUT2D eigenvalue weighted by atomic mass is 19.4. The van der Waals surface area contributed by atoms with E-state index in [4.69, 9.17) is 29.9 Å². The molecular formula is C27H23B2F3N6O8. The number of halogens is 3. The Morgan fingerprint density at radius 3 is 2.39 bits per heavy atom. The van der Waals surface area contributed by atoms with Crippen LogP contribution < -0.4 is 14.2 Å². The van der Waals surface area contributed by atoms with Crippen LogP contribution in [0.25, 0.3) is 22.8 Å². The van der Waals surface area contributed by atoms with Crippen LogP contribution in [0.2, 0.25) is 0 Å². The highest BCUT2D eigenvalue weighted by molar-refractivity contribution is 6.36. The summed E-state index contributed by atoms with van der Waals surface area (Å²) in [4.78, 5) is 20.9. The molecule has 14 nitrogen and oxygen atoms in total. The molecule has 1 aliphatic heterocycles. The Labute approximate surface area is 260 Å². The van der Waals surface area contributed by atoms with Gasteiger partial charge in [-0.1, -0.05) is 12.1 Å². The molecule has 5 N–H and O–H groups in total. The molecule has 1 atom stereocenters. The van der Waals surface area contributed by atoms with Crippen LogP contribution in [-0.4, -0.2) is 90.1 Å². The number of alkyl halides is 3. The molecule has 236 valence electrons. The molecule has 4 aromatic rings. The number of ether oxygens (including phenoxy) is 3. The van der Waals surface area contributed by atoms with Gasteiger partial charge in [0.15, 0.2) is 17.3 Å². The molecule has 2 bridgehead atoms.